The van der Waals surface area contributed by atoms with Gasteiger partial charge in [0.1, 0.15) is 0 Å². The number of likely N-dealkylation sites (tertiary alicyclic amines) is 1. The molecule has 2 atom stereocenters. The van der Waals surface area contributed by atoms with Gasteiger partial charge < -0.3 is 5.73 Å². The minimum atomic E-state index is 0.307. The molecule has 2 aromatic rings. The first-order valence-electron chi connectivity index (χ1n) is 7.67. The summed E-state index contributed by atoms with van der Waals surface area (Å²) in [6.07, 6.45) is 6.55. The minimum Gasteiger partial charge on any atom is -0.328 e. The molecule has 0 aromatic carbocycles. The number of nitrogens with zero attached hydrogens (tertiary/aromatic N) is 3. The van der Waals surface area contributed by atoms with Gasteiger partial charge in [-0.2, -0.15) is 5.10 Å². The van der Waals surface area contributed by atoms with Crippen LogP contribution in [0.2, 0.25) is 0 Å². The zero-order valence-corrected chi connectivity index (χ0v) is 13.6. The normalized spacial score (nSPS) is 21.6. The lowest BCUT2D eigenvalue weighted by atomic mass is 9.92. The Kier molecular flexibility index (Phi) is 4.42. The molecular weight excluding hydrogens is 280 g/mol. The summed E-state index contributed by atoms with van der Waals surface area (Å²) in [6.45, 7) is 5.52. The number of aryl methyl sites for hydroxylation is 1. The molecule has 3 rings (SSSR count). The molecular formula is C16H24N4S. The second-order valence-electron chi connectivity index (χ2n) is 6.17. The molecule has 0 aliphatic carbocycles. The van der Waals surface area contributed by atoms with Gasteiger partial charge in [-0.3, -0.25) is 9.58 Å². The smallest absolute Gasteiger partial charge is 0.0576 e. The Morgan fingerprint density at radius 2 is 2.33 bits per heavy atom. The molecule has 2 unspecified atom stereocenters. The quantitative estimate of drug-likeness (QED) is 0.945. The number of hydrogen-bond acceptors (Lipinski definition) is 4. The maximum absolute atomic E-state index is 6.07. The average Bonchev–Trinajstić information content (AvgIpc) is 3.08. The largest absolute Gasteiger partial charge is 0.328 e. The molecule has 114 valence electrons. The topological polar surface area (TPSA) is 47.1 Å². The van der Waals surface area contributed by atoms with Crippen molar-refractivity contribution in [1.82, 2.24) is 14.7 Å². The Labute approximate surface area is 130 Å². The highest BCUT2D eigenvalue weighted by molar-refractivity contribution is 7.15. The van der Waals surface area contributed by atoms with Crippen LogP contribution in [0.4, 0.5) is 0 Å². The summed E-state index contributed by atoms with van der Waals surface area (Å²) in [4.78, 5) is 5.29. The zero-order valence-electron chi connectivity index (χ0n) is 12.8. The van der Waals surface area contributed by atoms with Gasteiger partial charge in [-0.15, -0.1) is 11.3 Å². The predicted octanol–water partition coefficient (Wildman–Crippen LogP) is 2.71. The van der Waals surface area contributed by atoms with Crippen LogP contribution in [0.1, 0.15) is 24.6 Å². The Balaban J connectivity index is 1.64. The van der Waals surface area contributed by atoms with Crippen molar-refractivity contribution in [2.45, 2.75) is 32.4 Å². The van der Waals surface area contributed by atoms with Crippen molar-refractivity contribution in [3.05, 3.63) is 29.4 Å². The fourth-order valence-electron chi connectivity index (χ4n) is 3.05. The van der Waals surface area contributed by atoms with Crippen LogP contribution in [-0.4, -0.2) is 33.8 Å². The van der Waals surface area contributed by atoms with Crippen LogP contribution in [0.15, 0.2) is 24.5 Å². The standard InChI is InChI=1S/C16H24N4S/c1-12(17)13-4-3-7-20(10-13)11-15-5-6-16(21-15)14-8-18-19(2)9-14/h5-6,8-9,12-13H,3-4,7,10-11,17H2,1-2H3. The first-order valence-corrected chi connectivity index (χ1v) is 8.49. The summed E-state index contributed by atoms with van der Waals surface area (Å²) in [5.74, 6) is 0.650. The second-order valence-corrected chi connectivity index (χ2v) is 7.33. The summed E-state index contributed by atoms with van der Waals surface area (Å²) in [7, 11) is 1.96. The van der Waals surface area contributed by atoms with E-state index in [0.29, 0.717) is 12.0 Å². The minimum absolute atomic E-state index is 0.307. The molecule has 0 spiro atoms. The maximum atomic E-state index is 6.07. The van der Waals surface area contributed by atoms with Gasteiger partial charge in [-0.1, -0.05) is 0 Å². The van der Waals surface area contributed by atoms with Crippen molar-refractivity contribution in [2.75, 3.05) is 13.1 Å². The van der Waals surface area contributed by atoms with Crippen molar-refractivity contribution in [3.8, 4) is 10.4 Å². The SMILES string of the molecule is CC(N)C1CCCN(Cc2ccc(-c3cnn(C)c3)s2)C1. The van der Waals surface area contributed by atoms with Crippen LogP contribution in [0, 0.1) is 5.92 Å². The van der Waals surface area contributed by atoms with E-state index in [4.69, 9.17) is 5.73 Å². The molecule has 0 radical (unpaired) electrons. The molecule has 1 aliphatic rings. The molecule has 1 saturated heterocycles. The third-order valence-electron chi connectivity index (χ3n) is 4.32. The lowest BCUT2D eigenvalue weighted by molar-refractivity contribution is 0.155. The molecule has 2 N–H and O–H groups in total. The fraction of sp³-hybridized carbons (Fsp3) is 0.562. The molecule has 5 heteroatoms. The Bertz CT molecular complexity index is 587. The third kappa shape index (κ3) is 3.54. The molecule has 4 nitrogen and oxygen atoms in total. The number of aromatic nitrogens is 2. The molecule has 0 saturated carbocycles. The summed E-state index contributed by atoms with van der Waals surface area (Å²) in [5, 5.41) is 4.25. The summed E-state index contributed by atoms with van der Waals surface area (Å²) in [5.41, 5.74) is 7.28. The molecule has 3 heterocycles. The van der Waals surface area contributed by atoms with E-state index in [0.717, 1.165) is 13.1 Å². The third-order valence-corrected chi connectivity index (χ3v) is 5.44. The van der Waals surface area contributed by atoms with E-state index in [1.54, 1.807) is 0 Å². The van der Waals surface area contributed by atoms with E-state index < -0.39 is 0 Å². The van der Waals surface area contributed by atoms with Gasteiger partial charge in [0.15, 0.2) is 0 Å². The van der Waals surface area contributed by atoms with Crippen LogP contribution in [0.25, 0.3) is 10.4 Å². The highest BCUT2D eigenvalue weighted by Crippen LogP contribution is 2.29. The Hall–Kier alpha value is -1.17. The van der Waals surface area contributed by atoms with Gasteiger partial charge in [0.05, 0.1) is 6.20 Å². The molecule has 0 bridgehead atoms. The molecule has 21 heavy (non-hydrogen) atoms. The number of piperidine rings is 1. The van der Waals surface area contributed by atoms with Crippen LogP contribution in [0.3, 0.4) is 0 Å². The lowest BCUT2D eigenvalue weighted by Gasteiger charge is -2.34. The van der Waals surface area contributed by atoms with Crippen LogP contribution < -0.4 is 5.73 Å². The van der Waals surface area contributed by atoms with E-state index >= 15 is 0 Å². The zero-order chi connectivity index (χ0) is 14.8. The summed E-state index contributed by atoms with van der Waals surface area (Å²) >= 11 is 1.88. The average molecular weight is 304 g/mol. The lowest BCUT2D eigenvalue weighted by Crippen LogP contribution is -2.41. The summed E-state index contributed by atoms with van der Waals surface area (Å²) < 4.78 is 1.85. The number of rotatable bonds is 4. The van der Waals surface area contributed by atoms with Crippen molar-refractivity contribution in [2.24, 2.45) is 18.7 Å². The molecule has 0 amide bonds. The number of nitrogens with two attached hydrogens (primary N) is 1. The monoisotopic (exact) mass is 304 g/mol. The van der Waals surface area contributed by atoms with Gasteiger partial charge in [0, 0.05) is 47.7 Å². The summed E-state index contributed by atoms with van der Waals surface area (Å²) in [6, 6.07) is 4.77. The van der Waals surface area contributed by atoms with Crippen molar-refractivity contribution >= 4 is 11.3 Å². The van der Waals surface area contributed by atoms with Crippen LogP contribution in [-0.2, 0) is 13.6 Å². The number of thiophene rings is 1. The molecule has 1 fully saturated rings. The van der Waals surface area contributed by atoms with E-state index in [9.17, 15) is 0 Å². The fourth-order valence-corrected chi connectivity index (χ4v) is 4.08. The van der Waals surface area contributed by atoms with Crippen molar-refractivity contribution in [1.29, 1.82) is 0 Å². The van der Waals surface area contributed by atoms with E-state index in [1.807, 2.05) is 29.3 Å². The van der Waals surface area contributed by atoms with E-state index in [-0.39, 0.29) is 0 Å². The predicted molar refractivity (Wildman–Crippen MR) is 88.2 cm³/mol. The van der Waals surface area contributed by atoms with Crippen LogP contribution >= 0.6 is 11.3 Å². The van der Waals surface area contributed by atoms with Gasteiger partial charge >= 0.3 is 0 Å². The van der Waals surface area contributed by atoms with Gasteiger partial charge in [0.25, 0.3) is 0 Å². The van der Waals surface area contributed by atoms with Gasteiger partial charge in [0.2, 0.25) is 0 Å². The van der Waals surface area contributed by atoms with E-state index in [1.165, 1.54) is 34.7 Å². The highest BCUT2D eigenvalue weighted by Gasteiger charge is 2.22. The Morgan fingerprint density at radius 3 is 3.05 bits per heavy atom. The second kappa shape index (κ2) is 6.30. The van der Waals surface area contributed by atoms with Gasteiger partial charge in [-0.25, -0.2) is 0 Å². The van der Waals surface area contributed by atoms with Crippen molar-refractivity contribution < 1.29 is 0 Å². The maximum Gasteiger partial charge on any atom is 0.0576 e. The first-order chi connectivity index (χ1) is 10.1. The van der Waals surface area contributed by atoms with E-state index in [2.05, 4.69) is 35.3 Å². The highest BCUT2D eigenvalue weighted by atomic mass is 32.1. The Morgan fingerprint density at radius 1 is 1.48 bits per heavy atom. The first kappa shape index (κ1) is 14.8. The molecule has 2 aromatic heterocycles. The molecule has 1 aliphatic heterocycles. The van der Waals surface area contributed by atoms with Crippen LogP contribution in [0.5, 0.6) is 0 Å². The van der Waals surface area contributed by atoms with Crippen molar-refractivity contribution in [3.63, 3.8) is 0 Å². The number of hydrogen-bond donors (Lipinski definition) is 1. The van der Waals surface area contributed by atoms with Gasteiger partial charge in [-0.05, 0) is 44.4 Å².